The van der Waals surface area contributed by atoms with Gasteiger partial charge in [0.05, 0.1) is 4.90 Å². The fraction of sp³-hybridized carbons (Fsp3) is 0.538. The first kappa shape index (κ1) is 15.8. The molecule has 1 aliphatic carbocycles. The number of rotatable bonds is 4. The standard InChI is InChI=1S/C13H19BrN2O3S/c14-11-7-10(5-6-12(11)15)20(18,19)16-13-4-2-1-3-9(13)8-17/h5-7,9,13,16-17H,1-4,8,15H2. The van der Waals surface area contributed by atoms with Crippen LogP contribution in [0.5, 0.6) is 0 Å². The summed E-state index contributed by atoms with van der Waals surface area (Å²) in [5.74, 6) is -0.00394. The molecule has 1 aliphatic rings. The molecule has 0 bridgehead atoms. The Morgan fingerprint density at radius 2 is 2.05 bits per heavy atom. The van der Waals surface area contributed by atoms with Gasteiger partial charge in [0.15, 0.2) is 0 Å². The van der Waals surface area contributed by atoms with E-state index in [1.165, 1.54) is 12.1 Å². The zero-order valence-corrected chi connectivity index (χ0v) is 13.5. The summed E-state index contributed by atoms with van der Waals surface area (Å²) < 4.78 is 28.0. The molecule has 0 aromatic heterocycles. The third-order valence-electron chi connectivity index (χ3n) is 3.73. The number of nitrogen functional groups attached to an aromatic ring is 1. The van der Waals surface area contributed by atoms with Crippen molar-refractivity contribution in [2.24, 2.45) is 5.92 Å². The van der Waals surface area contributed by atoms with Gasteiger partial charge in [-0.1, -0.05) is 12.8 Å². The third kappa shape index (κ3) is 3.52. The number of anilines is 1. The number of halogens is 1. The van der Waals surface area contributed by atoms with E-state index in [9.17, 15) is 13.5 Å². The Labute approximate surface area is 127 Å². The Balaban J connectivity index is 2.19. The van der Waals surface area contributed by atoms with Gasteiger partial charge in [-0.25, -0.2) is 13.1 Å². The van der Waals surface area contributed by atoms with Crippen LogP contribution >= 0.6 is 15.9 Å². The normalized spacial score (nSPS) is 23.7. The Bertz CT molecular complexity index is 577. The fourth-order valence-electron chi connectivity index (χ4n) is 2.52. The minimum absolute atomic E-state index is 0.00394. The van der Waals surface area contributed by atoms with Crippen molar-refractivity contribution >= 4 is 31.6 Å². The largest absolute Gasteiger partial charge is 0.398 e. The van der Waals surface area contributed by atoms with Crippen molar-refractivity contribution in [1.29, 1.82) is 0 Å². The molecule has 2 atom stereocenters. The van der Waals surface area contributed by atoms with Gasteiger partial charge < -0.3 is 10.8 Å². The SMILES string of the molecule is Nc1ccc(S(=O)(=O)NC2CCCCC2CO)cc1Br. The molecule has 0 heterocycles. The lowest BCUT2D eigenvalue weighted by molar-refractivity contribution is 0.164. The summed E-state index contributed by atoms with van der Waals surface area (Å²) >= 11 is 3.23. The lowest BCUT2D eigenvalue weighted by atomic mass is 9.86. The van der Waals surface area contributed by atoms with Crippen molar-refractivity contribution in [2.75, 3.05) is 12.3 Å². The highest BCUT2D eigenvalue weighted by atomic mass is 79.9. The average molecular weight is 363 g/mol. The van der Waals surface area contributed by atoms with E-state index in [-0.39, 0.29) is 23.5 Å². The van der Waals surface area contributed by atoms with Gasteiger partial charge in [-0.05, 0) is 52.9 Å². The monoisotopic (exact) mass is 362 g/mol. The molecule has 0 aliphatic heterocycles. The number of nitrogens with one attached hydrogen (secondary N) is 1. The van der Waals surface area contributed by atoms with Gasteiger partial charge in [-0.15, -0.1) is 0 Å². The first-order chi connectivity index (χ1) is 9.44. The molecule has 7 heteroatoms. The molecule has 1 fully saturated rings. The van der Waals surface area contributed by atoms with E-state index in [1.54, 1.807) is 6.07 Å². The Hall–Kier alpha value is -0.630. The molecule has 5 nitrogen and oxygen atoms in total. The second-order valence-corrected chi connectivity index (χ2v) is 7.71. The van der Waals surface area contributed by atoms with Gasteiger partial charge in [0, 0.05) is 22.8 Å². The maximum atomic E-state index is 12.4. The smallest absolute Gasteiger partial charge is 0.240 e. The van der Waals surface area contributed by atoms with Crippen molar-refractivity contribution in [3.63, 3.8) is 0 Å². The Morgan fingerprint density at radius 3 is 2.70 bits per heavy atom. The summed E-state index contributed by atoms with van der Waals surface area (Å²) in [4.78, 5) is 0.181. The van der Waals surface area contributed by atoms with E-state index in [0.29, 0.717) is 10.2 Å². The third-order valence-corrected chi connectivity index (χ3v) is 5.91. The zero-order chi connectivity index (χ0) is 14.8. The van der Waals surface area contributed by atoms with Gasteiger partial charge in [0.2, 0.25) is 10.0 Å². The highest BCUT2D eigenvalue weighted by Gasteiger charge is 2.29. The number of nitrogens with two attached hydrogens (primary N) is 1. The van der Waals surface area contributed by atoms with Gasteiger partial charge in [-0.3, -0.25) is 0 Å². The number of benzene rings is 1. The van der Waals surface area contributed by atoms with E-state index in [1.807, 2.05) is 0 Å². The van der Waals surface area contributed by atoms with Gasteiger partial charge in [-0.2, -0.15) is 0 Å². The van der Waals surface area contributed by atoms with Crippen LogP contribution in [0.1, 0.15) is 25.7 Å². The van der Waals surface area contributed by atoms with Crippen molar-refractivity contribution < 1.29 is 13.5 Å². The highest BCUT2D eigenvalue weighted by Crippen LogP contribution is 2.27. The van der Waals surface area contributed by atoms with Gasteiger partial charge in [0.1, 0.15) is 0 Å². The quantitative estimate of drug-likeness (QED) is 0.712. The molecule has 20 heavy (non-hydrogen) atoms. The second kappa shape index (κ2) is 6.43. The van der Waals surface area contributed by atoms with E-state index < -0.39 is 10.0 Å². The molecular weight excluding hydrogens is 344 g/mol. The lowest BCUT2D eigenvalue weighted by Crippen LogP contribution is -2.43. The average Bonchev–Trinajstić information content (AvgIpc) is 2.42. The van der Waals surface area contributed by atoms with E-state index in [4.69, 9.17) is 5.73 Å². The predicted octanol–water partition coefficient (Wildman–Crippen LogP) is 1.86. The van der Waals surface area contributed by atoms with Crippen LogP contribution in [-0.4, -0.2) is 26.2 Å². The number of sulfonamides is 1. The number of hydrogen-bond acceptors (Lipinski definition) is 4. The first-order valence-electron chi connectivity index (χ1n) is 6.62. The molecule has 2 unspecified atom stereocenters. The molecule has 0 amide bonds. The van der Waals surface area contributed by atoms with Crippen LogP contribution in [-0.2, 0) is 10.0 Å². The summed E-state index contributed by atoms with van der Waals surface area (Å²) in [6.07, 6.45) is 3.64. The fourth-order valence-corrected chi connectivity index (χ4v) is 4.42. The number of aliphatic hydroxyl groups excluding tert-OH is 1. The molecule has 0 spiro atoms. The van der Waals surface area contributed by atoms with E-state index >= 15 is 0 Å². The van der Waals surface area contributed by atoms with Gasteiger partial charge in [0.25, 0.3) is 0 Å². The summed E-state index contributed by atoms with van der Waals surface area (Å²) in [6, 6.07) is 4.34. The second-order valence-electron chi connectivity index (χ2n) is 5.14. The minimum atomic E-state index is -3.59. The van der Waals surface area contributed by atoms with Crippen LogP contribution in [0.25, 0.3) is 0 Å². The van der Waals surface area contributed by atoms with Crippen LogP contribution in [0, 0.1) is 5.92 Å². The predicted molar refractivity (Wildman–Crippen MR) is 81.7 cm³/mol. The topological polar surface area (TPSA) is 92.4 Å². The molecule has 0 saturated heterocycles. The van der Waals surface area contributed by atoms with Crippen molar-refractivity contribution in [1.82, 2.24) is 4.72 Å². The van der Waals surface area contributed by atoms with Crippen LogP contribution < -0.4 is 10.5 Å². The molecule has 4 N–H and O–H groups in total. The molecule has 112 valence electrons. The van der Waals surface area contributed by atoms with Gasteiger partial charge >= 0.3 is 0 Å². The van der Waals surface area contributed by atoms with Crippen LogP contribution in [0.3, 0.4) is 0 Å². The van der Waals surface area contributed by atoms with Crippen LogP contribution in [0.2, 0.25) is 0 Å². The zero-order valence-electron chi connectivity index (χ0n) is 11.0. The molecule has 1 saturated carbocycles. The van der Waals surface area contributed by atoms with E-state index in [2.05, 4.69) is 20.7 Å². The summed E-state index contributed by atoms with van der Waals surface area (Å²) in [7, 11) is -3.59. The van der Waals surface area contributed by atoms with Crippen LogP contribution in [0.15, 0.2) is 27.6 Å². The molecule has 2 rings (SSSR count). The highest BCUT2D eigenvalue weighted by molar-refractivity contribution is 9.10. The van der Waals surface area contributed by atoms with Crippen molar-refractivity contribution in [2.45, 2.75) is 36.6 Å². The van der Waals surface area contributed by atoms with E-state index in [0.717, 1.165) is 25.7 Å². The van der Waals surface area contributed by atoms with Crippen molar-refractivity contribution in [3.05, 3.63) is 22.7 Å². The summed E-state index contributed by atoms with van der Waals surface area (Å²) in [5.41, 5.74) is 6.16. The Morgan fingerprint density at radius 1 is 1.35 bits per heavy atom. The molecule has 1 aromatic carbocycles. The van der Waals surface area contributed by atoms with Crippen molar-refractivity contribution in [3.8, 4) is 0 Å². The maximum Gasteiger partial charge on any atom is 0.240 e. The number of hydrogen-bond donors (Lipinski definition) is 3. The number of aliphatic hydroxyl groups is 1. The summed E-state index contributed by atoms with van der Waals surface area (Å²) in [6.45, 7) is 0.0125. The minimum Gasteiger partial charge on any atom is -0.398 e. The Kier molecular flexibility index (Phi) is 5.06. The molecular formula is C13H19BrN2O3S. The van der Waals surface area contributed by atoms with Crippen LogP contribution in [0.4, 0.5) is 5.69 Å². The maximum absolute atomic E-state index is 12.4. The lowest BCUT2D eigenvalue weighted by Gasteiger charge is -2.30. The molecule has 0 radical (unpaired) electrons. The summed E-state index contributed by atoms with van der Waals surface area (Å²) in [5, 5.41) is 9.35. The first-order valence-corrected chi connectivity index (χ1v) is 8.90. The molecule has 1 aromatic rings.